The minimum atomic E-state index is -3.10. The zero-order valence-electron chi connectivity index (χ0n) is 11.6. The summed E-state index contributed by atoms with van der Waals surface area (Å²) in [6.07, 6.45) is 1.24. The summed E-state index contributed by atoms with van der Waals surface area (Å²) >= 11 is 6.09. The van der Waals surface area contributed by atoms with E-state index in [-0.39, 0.29) is 0 Å². The highest BCUT2D eigenvalue weighted by atomic mass is 35.5. The summed E-state index contributed by atoms with van der Waals surface area (Å²) in [6, 6.07) is 3.71. The smallest absolute Gasteiger partial charge is 0.211 e. The van der Waals surface area contributed by atoms with Gasteiger partial charge in [0.2, 0.25) is 10.0 Å². The standard InChI is InChI=1S/C12H19ClN4O2S/c1-14-9-11-10(13)3-4-12(15-11)16-5-7-17(8-6-16)20(2,18)19/h3-4,14H,5-9H2,1-2H3. The van der Waals surface area contributed by atoms with Gasteiger partial charge in [0.25, 0.3) is 0 Å². The molecule has 8 heteroatoms. The van der Waals surface area contributed by atoms with Gasteiger partial charge >= 0.3 is 0 Å². The topological polar surface area (TPSA) is 65.5 Å². The lowest BCUT2D eigenvalue weighted by molar-refractivity contribution is 0.387. The molecule has 0 aliphatic carbocycles. The fraction of sp³-hybridized carbons (Fsp3) is 0.583. The summed E-state index contributed by atoms with van der Waals surface area (Å²) in [5.41, 5.74) is 0.803. The minimum absolute atomic E-state index is 0.491. The summed E-state index contributed by atoms with van der Waals surface area (Å²) in [7, 11) is -1.26. The number of hydrogen-bond donors (Lipinski definition) is 1. The van der Waals surface area contributed by atoms with Crippen LogP contribution >= 0.6 is 11.6 Å². The zero-order valence-corrected chi connectivity index (χ0v) is 13.2. The molecule has 0 unspecified atom stereocenters. The van der Waals surface area contributed by atoms with Gasteiger partial charge in [0.1, 0.15) is 5.82 Å². The minimum Gasteiger partial charge on any atom is -0.354 e. The van der Waals surface area contributed by atoms with Gasteiger partial charge in [-0.05, 0) is 19.2 Å². The number of aromatic nitrogens is 1. The summed E-state index contributed by atoms with van der Waals surface area (Å²) in [4.78, 5) is 6.62. The van der Waals surface area contributed by atoms with Crippen LogP contribution in [-0.4, -0.2) is 57.2 Å². The summed E-state index contributed by atoms with van der Waals surface area (Å²) in [6.45, 7) is 2.87. The second kappa shape index (κ2) is 6.26. The van der Waals surface area contributed by atoms with Crippen LogP contribution in [-0.2, 0) is 16.6 Å². The lowest BCUT2D eigenvalue weighted by Gasteiger charge is -2.34. The molecule has 112 valence electrons. The van der Waals surface area contributed by atoms with Crippen molar-refractivity contribution in [2.45, 2.75) is 6.54 Å². The molecule has 0 amide bonds. The third kappa shape index (κ3) is 3.60. The number of halogens is 1. The van der Waals surface area contributed by atoms with Crippen molar-refractivity contribution in [1.82, 2.24) is 14.6 Å². The van der Waals surface area contributed by atoms with E-state index in [2.05, 4.69) is 15.2 Å². The Balaban J connectivity index is 2.09. The third-order valence-corrected chi connectivity index (χ3v) is 4.93. The maximum atomic E-state index is 11.5. The van der Waals surface area contributed by atoms with Crippen LogP contribution in [0.15, 0.2) is 12.1 Å². The third-order valence-electron chi connectivity index (χ3n) is 3.28. The number of rotatable bonds is 4. The van der Waals surface area contributed by atoms with Crippen LogP contribution in [0, 0.1) is 0 Å². The molecule has 6 nitrogen and oxygen atoms in total. The van der Waals surface area contributed by atoms with Crippen molar-refractivity contribution >= 4 is 27.4 Å². The molecule has 0 bridgehead atoms. The molecule has 1 fully saturated rings. The Morgan fingerprint density at radius 1 is 1.30 bits per heavy atom. The molecule has 0 saturated carbocycles. The van der Waals surface area contributed by atoms with E-state index < -0.39 is 10.0 Å². The molecule has 1 aromatic heterocycles. The number of nitrogens with zero attached hydrogens (tertiary/aromatic N) is 3. The molecular formula is C12H19ClN4O2S. The van der Waals surface area contributed by atoms with E-state index in [9.17, 15) is 8.42 Å². The Morgan fingerprint density at radius 3 is 2.50 bits per heavy atom. The predicted molar refractivity (Wildman–Crippen MR) is 80.6 cm³/mol. The molecule has 1 aliphatic rings. The Kier molecular flexibility index (Phi) is 4.85. The highest BCUT2D eigenvalue weighted by molar-refractivity contribution is 7.88. The molecule has 1 saturated heterocycles. The van der Waals surface area contributed by atoms with Gasteiger partial charge in [0, 0.05) is 32.7 Å². The maximum absolute atomic E-state index is 11.5. The Hall–Kier alpha value is -0.890. The van der Waals surface area contributed by atoms with Gasteiger partial charge in [-0.1, -0.05) is 11.6 Å². The van der Waals surface area contributed by atoms with Crippen molar-refractivity contribution in [3.05, 3.63) is 22.8 Å². The van der Waals surface area contributed by atoms with Gasteiger partial charge in [-0.15, -0.1) is 0 Å². The molecule has 2 rings (SSSR count). The van der Waals surface area contributed by atoms with Crippen LogP contribution in [0.25, 0.3) is 0 Å². The number of sulfonamides is 1. The molecule has 2 heterocycles. The maximum Gasteiger partial charge on any atom is 0.211 e. The van der Waals surface area contributed by atoms with E-state index in [0.29, 0.717) is 37.7 Å². The molecule has 0 aromatic carbocycles. The van der Waals surface area contributed by atoms with Crippen LogP contribution < -0.4 is 10.2 Å². The second-order valence-electron chi connectivity index (χ2n) is 4.78. The second-order valence-corrected chi connectivity index (χ2v) is 7.17. The molecule has 20 heavy (non-hydrogen) atoms. The van der Waals surface area contributed by atoms with Crippen molar-refractivity contribution in [1.29, 1.82) is 0 Å². The first-order valence-electron chi connectivity index (χ1n) is 6.42. The first-order valence-corrected chi connectivity index (χ1v) is 8.64. The number of piperazine rings is 1. The number of anilines is 1. The van der Waals surface area contributed by atoms with Crippen molar-refractivity contribution in [3.63, 3.8) is 0 Å². The van der Waals surface area contributed by atoms with Crippen LogP contribution in [0.4, 0.5) is 5.82 Å². The zero-order chi connectivity index (χ0) is 14.8. The molecule has 1 N–H and O–H groups in total. The summed E-state index contributed by atoms with van der Waals surface area (Å²) in [5.74, 6) is 0.841. The Morgan fingerprint density at radius 2 is 1.95 bits per heavy atom. The quantitative estimate of drug-likeness (QED) is 0.877. The van der Waals surface area contributed by atoms with Gasteiger partial charge in [0.15, 0.2) is 0 Å². The van der Waals surface area contributed by atoms with Crippen LogP contribution in [0.2, 0.25) is 5.02 Å². The van der Waals surface area contributed by atoms with Crippen molar-refractivity contribution in [2.75, 3.05) is 44.4 Å². The summed E-state index contributed by atoms with van der Waals surface area (Å²) < 4.78 is 24.5. The largest absolute Gasteiger partial charge is 0.354 e. The average Bonchev–Trinajstić information content (AvgIpc) is 2.41. The first-order chi connectivity index (χ1) is 9.41. The summed E-state index contributed by atoms with van der Waals surface area (Å²) in [5, 5.41) is 3.67. The number of hydrogen-bond acceptors (Lipinski definition) is 5. The average molecular weight is 319 g/mol. The van der Waals surface area contributed by atoms with Gasteiger partial charge in [-0.25, -0.2) is 13.4 Å². The first kappa shape index (κ1) is 15.5. The van der Waals surface area contributed by atoms with Gasteiger partial charge in [-0.3, -0.25) is 0 Å². The molecule has 0 spiro atoms. The van der Waals surface area contributed by atoms with Gasteiger partial charge in [-0.2, -0.15) is 4.31 Å². The fourth-order valence-corrected chi connectivity index (χ4v) is 3.19. The van der Waals surface area contributed by atoms with Crippen LogP contribution in [0.5, 0.6) is 0 Å². The van der Waals surface area contributed by atoms with Crippen LogP contribution in [0.1, 0.15) is 5.69 Å². The lowest BCUT2D eigenvalue weighted by atomic mass is 10.3. The molecule has 1 aromatic rings. The van der Waals surface area contributed by atoms with E-state index in [1.807, 2.05) is 19.2 Å². The fourth-order valence-electron chi connectivity index (χ4n) is 2.19. The molecular weight excluding hydrogens is 300 g/mol. The van der Waals surface area contributed by atoms with E-state index in [1.165, 1.54) is 10.6 Å². The van der Waals surface area contributed by atoms with E-state index in [1.54, 1.807) is 0 Å². The van der Waals surface area contributed by atoms with Gasteiger partial charge in [0.05, 0.1) is 17.0 Å². The number of pyridine rings is 1. The Bertz CT molecular complexity index is 571. The van der Waals surface area contributed by atoms with Crippen molar-refractivity contribution in [3.8, 4) is 0 Å². The Labute approximate surface area is 124 Å². The predicted octanol–water partition coefficient (Wildman–Crippen LogP) is 0.536. The highest BCUT2D eigenvalue weighted by Gasteiger charge is 2.24. The molecule has 0 radical (unpaired) electrons. The molecule has 0 atom stereocenters. The lowest BCUT2D eigenvalue weighted by Crippen LogP contribution is -2.48. The number of nitrogens with one attached hydrogen (secondary N) is 1. The van der Waals surface area contributed by atoms with E-state index >= 15 is 0 Å². The normalized spacial score (nSPS) is 17.4. The van der Waals surface area contributed by atoms with Crippen molar-refractivity contribution < 1.29 is 8.42 Å². The van der Waals surface area contributed by atoms with Crippen molar-refractivity contribution in [2.24, 2.45) is 0 Å². The van der Waals surface area contributed by atoms with Crippen LogP contribution in [0.3, 0.4) is 0 Å². The monoisotopic (exact) mass is 318 g/mol. The van der Waals surface area contributed by atoms with E-state index in [0.717, 1.165) is 11.5 Å². The SMILES string of the molecule is CNCc1nc(N2CCN(S(C)(=O)=O)CC2)ccc1Cl. The molecule has 1 aliphatic heterocycles. The highest BCUT2D eigenvalue weighted by Crippen LogP contribution is 2.20. The van der Waals surface area contributed by atoms with Gasteiger partial charge < -0.3 is 10.2 Å². The van der Waals surface area contributed by atoms with E-state index in [4.69, 9.17) is 11.6 Å².